The first-order chi connectivity index (χ1) is 9.22. The minimum Gasteiger partial charge on any atom is -0.480 e. The molecule has 0 fully saturated rings. The van der Waals surface area contributed by atoms with E-state index in [-0.39, 0.29) is 11.7 Å². The van der Waals surface area contributed by atoms with E-state index in [0.717, 1.165) is 4.90 Å². The van der Waals surface area contributed by atoms with Crippen LogP contribution in [0.2, 0.25) is 0 Å². The predicted octanol–water partition coefficient (Wildman–Crippen LogP) is 2.88. The van der Waals surface area contributed by atoms with Crippen molar-refractivity contribution in [1.29, 1.82) is 0 Å². The van der Waals surface area contributed by atoms with E-state index in [1.165, 1.54) is 31.2 Å². The third-order valence-corrected chi connectivity index (χ3v) is 3.92. The first kappa shape index (κ1) is 16.6. The lowest BCUT2D eigenvalue weighted by Crippen LogP contribution is -2.50. The van der Waals surface area contributed by atoms with Gasteiger partial charge in [-0.1, -0.05) is 26.0 Å². The molecular formula is C15H21NO3S. The summed E-state index contributed by atoms with van der Waals surface area (Å²) in [6.45, 7) is 7.19. The van der Waals surface area contributed by atoms with Gasteiger partial charge in [0, 0.05) is 4.90 Å². The van der Waals surface area contributed by atoms with Crippen molar-refractivity contribution in [3.05, 3.63) is 29.8 Å². The van der Waals surface area contributed by atoms with Crippen LogP contribution in [0.1, 0.15) is 39.2 Å². The topological polar surface area (TPSA) is 66.4 Å². The first-order valence-corrected chi connectivity index (χ1v) is 7.48. The van der Waals surface area contributed by atoms with Gasteiger partial charge in [0.05, 0.1) is 5.75 Å². The fourth-order valence-electron chi connectivity index (χ4n) is 1.54. The maximum atomic E-state index is 11.7. The van der Waals surface area contributed by atoms with E-state index in [9.17, 15) is 9.59 Å². The van der Waals surface area contributed by atoms with Gasteiger partial charge >= 0.3 is 5.97 Å². The van der Waals surface area contributed by atoms with Gasteiger partial charge < -0.3 is 10.4 Å². The lowest BCUT2D eigenvalue weighted by atomic mass is 10.0. The molecule has 0 saturated heterocycles. The predicted molar refractivity (Wildman–Crippen MR) is 81.1 cm³/mol. The number of hydrogen-bond donors (Lipinski definition) is 2. The van der Waals surface area contributed by atoms with E-state index in [4.69, 9.17) is 5.11 Å². The van der Waals surface area contributed by atoms with Crippen LogP contribution in [0.15, 0.2) is 29.2 Å². The molecule has 1 aromatic carbocycles. The van der Waals surface area contributed by atoms with Crippen molar-refractivity contribution in [2.24, 2.45) is 0 Å². The van der Waals surface area contributed by atoms with Crippen LogP contribution in [0.25, 0.3) is 0 Å². The Morgan fingerprint density at radius 1 is 1.25 bits per heavy atom. The summed E-state index contributed by atoms with van der Waals surface area (Å²) in [5.41, 5.74) is 0.0184. The Hall–Kier alpha value is -1.49. The van der Waals surface area contributed by atoms with E-state index in [2.05, 4.69) is 19.2 Å². The second-order valence-electron chi connectivity index (χ2n) is 5.49. The molecule has 4 nitrogen and oxygen atoms in total. The van der Waals surface area contributed by atoms with E-state index < -0.39 is 11.5 Å². The molecule has 0 bridgehead atoms. The number of aliphatic carboxylic acids is 1. The van der Waals surface area contributed by atoms with Crippen LogP contribution in [-0.2, 0) is 9.59 Å². The molecule has 110 valence electrons. The molecule has 0 aliphatic carbocycles. The van der Waals surface area contributed by atoms with Gasteiger partial charge in [0.15, 0.2) is 0 Å². The SMILES string of the molecule is CC(C)c1ccc(SCC(=O)NC(C)(C)C(=O)O)cc1. The van der Waals surface area contributed by atoms with Gasteiger partial charge in [-0.3, -0.25) is 4.79 Å². The molecule has 0 radical (unpaired) electrons. The normalized spacial score (nSPS) is 11.4. The van der Waals surface area contributed by atoms with Gasteiger partial charge in [-0.15, -0.1) is 11.8 Å². The molecule has 2 N–H and O–H groups in total. The molecule has 0 unspecified atom stereocenters. The van der Waals surface area contributed by atoms with Crippen LogP contribution in [0.4, 0.5) is 0 Å². The summed E-state index contributed by atoms with van der Waals surface area (Å²) in [4.78, 5) is 23.6. The highest BCUT2D eigenvalue weighted by Gasteiger charge is 2.28. The molecule has 1 aromatic rings. The van der Waals surface area contributed by atoms with Crippen LogP contribution < -0.4 is 5.32 Å². The zero-order valence-corrected chi connectivity index (χ0v) is 13.1. The Balaban J connectivity index is 2.51. The molecule has 0 atom stereocenters. The molecule has 0 spiro atoms. The van der Waals surface area contributed by atoms with Gasteiger partial charge in [-0.05, 0) is 37.5 Å². The summed E-state index contributed by atoms with van der Waals surface area (Å²) in [5.74, 6) is -0.640. The van der Waals surface area contributed by atoms with Crippen LogP contribution >= 0.6 is 11.8 Å². The van der Waals surface area contributed by atoms with E-state index in [1.54, 1.807) is 0 Å². The minimum atomic E-state index is -1.24. The summed E-state index contributed by atoms with van der Waals surface area (Å²) < 4.78 is 0. The number of amides is 1. The highest BCUT2D eigenvalue weighted by molar-refractivity contribution is 8.00. The maximum absolute atomic E-state index is 11.7. The van der Waals surface area contributed by atoms with Gasteiger partial charge in [0.25, 0.3) is 0 Å². The highest BCUT2D eigenvalue weighted by Crippen LogP contribution is 2.21. The number of carboxylic acids is 1. The van der Waals surface area contributed by atoms with Crippen molar-refractivity contribution >= 4 is 23.6 Å². The molecule has 0 aromatic heterocycles. The van der Waals surface area contributed by atoms with Gasteiger partial charge in [0.1, 0.15) is 5.54 Å². The lowest BCUT2D eigenvalue weighted by Gasteiger charge is -2.20. The Labute approximate surface area is 124 Å². The zero-order chi connectivity index (χ0) is 15.3. The number of carbonyl (C=O) groups is 2. The molecule has 20 heavy (non-hydrogen) atoms. The number of benzene rings is 1. The van der Waals surface area contributed by atoms with E-state index in [0.29, 0.717) is 5.92 Å². The minimum absolute atomic E-state index is 0.206. The lowest BCUT2D eigenvalue weighted by molar-refractivity contribution is -0.145. The second-order valence-corrected chi connectivity index (χ2v) is 6.54. The van der Waals surface area contributed by atoms with Crippen LogP contribution in [0.3, 0.4) is 0 Å². The average molecular weight is 295 g/mol. The van der Waals surface area contributed by atoms with Gasteiger partial charge in [-0.25, -0.2) is 4.79 Å². The van der Waals surface area contributed by atoms with Crippen molar-refractivity contribution in [3.63, 3.8) is 0 Å². The Bertz CT molecular complexity index is 480. The quantitative estimate of drug-likeness (QED) is 0.792. The summed E-state index contributed by atoms with van der Waals surface area (Å²) in [6.07, 6.45) is 0. The van der Waals surface area contributed by atoms with Crippen LogP contribution in [0, 0.1) is 0 Å². The van der Waals surface area contributed by atoms with Gasteiger partial charge in [0.2, 0.25) is 5.91 Å². The van der Waals surface area contributed by atoms with Crippen molar-refractivity contribution < 1.29 is 14.7 Å². The number of hydrogen-bond acceptors (Lipinski definition) is 3. The number of carbonyl (C=O) groups excluding carboxylic acids is 1. The molecule has 0 heterocycles. The zero-order valence-electron chi connectivity index (χ0n) is 12.3. The number of nitrogens with one attached hydrogen (secondary N) is 1. The van der Waals surface area contributed by atoms with Crippen molar-refractivity contribution in [1.82, 2.24) is 5.32 Å². The third-order valence-electron chi connectivity index (χ3n) is 2.90. The van der Waals surface area contributed by atoms with Crippen molar-refractivity contribution in [2.45, 2.75) is 44.0 Å². The number of carboxylic acid groups (broad SMARTS) is 1. The largest absolute Gasteiger partial charge is 0.480 e. The fraction of sp³-hybridized carbons (Fsp3) is 0.467. The first-order valence-electron chi connectivity index (χ1n) is 6.49. The molecular weight excluding hydrogens is 274 g/mol. The second kappa shape index (κ2) is 6.79. The maximum Gasteiger partial charge on any atom is 0.328 e. The van der Waals surface area contributed by atoms with Crippen molar-refractivity contribution in [3.8, 4) is 0 Å². The smallest absolute Gasteiger partial charge is 0.328 e. The van der Waals surface area contributed by atoms with Crippen molar-refractivity contribution in [2.75, 3.05) is 5.75 Å². The third kappa shape index (κ3) is 4.89. The molecule has 1 rings (SSSR count). The highest BCUT2D eigenvalue weighted by atomic mass is 32.2. The number of rotatable bonds is 6. The van der Waals surface area contributed by atoms with Crippen LogP contribution in [0.5, 0.6) is 0 Å². The molecule has 1 amide bonds. The summed E-state index contributed by atoms with van der Waals surface area (Å²) >= 11 is 1.40. The summed E-state index contributed by atoms with van der Waals surface area (Å²) in [5, 5.41) is 11.4. The van der Waals surface area contributed by atoms with Gasteiger partial charge in [-0.2, -0.15) is 0 Å². The molecule has 0 saturated carbocycles. The molecule has 5 heteroatoms. The average Bonchev–Trinajstić information content (AvgIpc) is 2.36. The van der Waals surface area contributed by atoms with E-state index in [1.807, 2.05) is 24.3 Å². The monoisotopic (exact) mass is 295 g/mol. The Morgan fingerprint density at radius 2 is 1.80 bits per heavy atom. The molecule has 0 aliphatic heterocycles. The Kier molecular flexibility index (Phi) is 5.62. The number of thioether (sulfide) groups is 1. The standard InChI is InChI=1S/C15H21NO3S/c1-10(2)11-5-7-12(8-6-11)20-9-13(17)16-15(3,4)14(18)19/h5-8,10H,9H2,1-4H3,(H,16,17)(H,18,19). The van der Waals surface area contributed by atoms with E-state index >= 15 is 0 Å². The molecule has 0 aliphatic rings. The Morgan fingerprint density at radius 3 is 2.25 bits per heavy atom. The fourth-order valence-corrected chi connectivity index (χ4v) is 2.23. The summed E-state index contributed by atoms with van der Waals surface area (Å²) in [7, 11) is 0. The van der Waals surface area contributed by atoms with Crippen LogP contribution in [-0.4, -0.2) is 28.3 Å². The summed E-state index contributed by atoms with van der Waals surface area (Å²) in [6, 6.07) is 8.06.